The Balaban J connectivity index is 1.51. The van der Waals surface area contributed by atoms with Gasteiger partial charge in [-0.05, 0) is 41.8 Å². The van der Waals surface area contributed by atoms with Crippen molar-refractivity contribution >= 4 is 17.2 Å². The number of thiophene rings is 1. The van der Waals surface area contributed by atoms with Crippen LogP contribution in [0.1, 0.15) is 46.3 Å². The number of nitrogens with one attached hydrogen (secondary N) is 1. The molecule has 1 fully saturated rings. The largest absolute Gasteiger partial charge is 0.466 e. The minimum absolute atomic E-state index is 0.0261. The minimum Gasteiger partial charge on any atom is -0.466 e. The van der Waals surface area contributed by atoms with Gasteiger partial charge in [-0.1, -0.05) is 5.16 Å². The predicted molar refractivity (Wildman–Crippen MR) is 86.8 cm³/mol. The lowest BCUT2D eigenvalue weighted by atomic mass is 9.93. The molecule has 6 nitrogen and oxygen atoms in total. The molecule has 0 spiro atoms. The van der Waals surface area contributed by atoms with Gasteiger partial charge in [-0.2, -0.15) is 11.3 Å². The third kappa shape index (κ3) is 2.76. The van der Waals surface area contributed by atoms with Crippen LogP contribution in [0.3, 0.4) is 0 Å². The highest BCUT2D eigenvalue weighted by Crippen LogP contribution is 2.40. The molecule has 1 amide bonds. The van der Waals surface area contributed by atoms with Crippen LogP contribution in [0.4, 0.5) is 0 Å². The number of amides is 1. The van der Waals surface area contributed by atoms with Crippen molar-refractivity contribution in [2.45, 2.75) is 24.4 Å². The Labute approximate surface area is 142 Å². The number of hydrogen-bond acceptors (Lipinski definition) is 6. The Morgan fingerprint density at radius 3 is 3.00 bits per heavy atom. The Morgan fingerprint density at radius 2 is 2.33 bits per heavy atom. The average molecular weight is 344 g/mol. The second-order valence-corrected chi connectivity index (χ2v) is 6.70. The number of nitrogens with zero attached hydrogens (tertiary/aromatic N) is 1. The maximum atomic E-state index is 12.3. The maximum absolute atomic E-state index is 12.3. The van der Waals surface area contributed by atoms with E-state index in [9.17, 15) is 9.90 Å². The molecule has 3 heterocycles. The van der Waals surface area contributed by atoms with Gasteiger partial charge in [0.25, 0.3) is 5.91 Å². The summed E-state index contributed by atoms with van der Waals surface area (Å²) in [5.74, 6) is 1.13. The van der Waals surface area contributed by atoms with E-state index in [2.05, 4.69) is 10.5 Å². The molecular weight excluding hydrogens is 328 g/mol. The van der Waals surface area contributed by atoms with E-state index in [1.807, 2.05) is 10.8 Å². The lowest BCUT2D eigenvalue weighted by molar-refractivity contribution is 0.0526. The molecule has 3 aromatic heterocycles. The number of aliphatic hydroxyl groups is 1. The summed E-state index contributed by atoms with van der Waals surface area (Å²) in [6.45, 7) is -0.0261. The fourth-order valence-corrected chi connectivity index (χ4v) is 3.32. The summed E-state index contributed by atoms with van der Waals surface area (Å²) in [6, 6.07) is 6.86. The normalized spacial score (nSPS) is 16.7. The standard InChI is InChI=1S/C17H16N2O4S/c20-16(13-8-14(23-19-13)11-3-4-11)18-10-17(21,12-5-7-24-9-12)15-2-1-6-22-15/h1-2,5-9,11,21H,3-4,10H2,(H,18,20)/t17-/m1/s1. The summed E-state index contributed by atoms with van der Waals surface area (Å²) < 4.78 is 10.6. The smallest absolute Gasteiger partial charge is 0.273 e. The number of hydrogen-bond donors (Lipinski definition) is 2. The molecule has 2 N–H and O–H groups in total. The van der Waals surface area contributed by atoms with Crippen LogP contribution in [-0.2, 0) is 5.60 Å². The van der Waals surface area contributed by atoms with Crippen LogP contribution in [0.2, 0.25) is 0 Å². The van der Waals surface area contributed by atoms with Gasteiger partial charge >= 0.3 is 0 Å². The molecule has 1 saturated carbocycles. The maximum Gasteiger partial charge on any atom is 0.273 e. The fraction of sp³-hybridized carbons (Fsp3) is 0.294. The van der Waals surface area contributed by atoms with Crippen LogP contribution < -0.4 is 5.32 Å². The van der Waals surface area contributed by atoms with Gasteiger partial charge in [0.2, 0.25) is 0 Å². The van der Waals surface area contributed by atoms with E-state index in [1.165, 1.54) is 17.6 Å². The van der Waals surface area contributed by atoms with Gasteiger partial charge in [0, 0.05) is 17.5 Å². The summed E-state index contributed by atoms with van der Waals surface area (Å²) >= 11 is 1.47. The van der Waals surface area contributed by atoms with E-state index in [4.69, 9.17) is 8.94 Å². The highest BCUT2D eigenvalue weighted by atomic mass is 32.1. The first-order valence-electron chi connectivity index (χ1n) is 7.70. The van der Waals surface area contributed by atoms with Crippen molar-refractivity contribution < 1.29 is 18.8 Å². The van der Waals surface area contributed by atoms with Crippen LogP contribution in [0, 0.1) is 0 Å². The zero-order valence-electron chi connectivity index (χ0n) is 12.8. The number of furan rings is 1. The van der Waals surface area contributed by atoms with E-state index in [0.29, 0.717) is 17.2 Å². The molecule has 0 aliphatic heterocycles. The third-order valence-electron chi connectivity index (χ3n) is 4.17. The molecule has 0 aromatic carbocycles. The molecule has 124 valence electrons. The van der Waals surface area contributed by atoms with E-state index < -0.39 is 5.60 Å². The number of aromatic nitrogens is 1. The first-order valence-corrected chi connectivity index (χ1v) is 8.65. The average Bonchev–Trinajstić information content (AvgIpc) is 3.12. The van der Waals surface area contributed by atoms with Crippen molar-refractivity contribution in [2.75, 3.05) is 6.54 Å². The van der Waals surface area contributed by atoms with Gasteiger partial charge in [0.1, 0.15) is 11.5 Å². The van der Waals surface area contributed by atoms with Crippen molar-refractivity contribution in [1.82, 2.24) is 10.5 Å². The van der Waals surface area contributed by atoms with Crippen molar-refractivity contribution in [3.05, 3.63) is 64.1 Å². The van der Waals surface area contributed by atoms with Gasteiger partial charge in [-0.25, -0.2) is 0 Å². The molecule has 1 aliphatic carbocycles. The fourth-order valence-electron chi connectivity index (χ4n) is 2.60. The molecule has 4 rings (SSSR count). The van der Waals surface area contributed by atoms with Crippen LogP contribution in [0.5, 0.6) is 0 Å². The van der Waals surface area contributed by atoms with E-state index >= 15 is 0 Å². The molecule has 0 saturated heterocycles. The summed E-state index contributed by atoms with van der Waals surface area (Å²) in [5, 5.41) is 21.3. The molecule has 24 heavy (non-hydrogen) atoms. The Morgan fingerprint density at radius 1 is 1.46 bits per heavy atom. The SMILES string of the molecule is O=C(NC[C@@](O)(c1ccsc1)c1ccco1)c1cc(C2CC2)on1. The number of carbonyl (C=O) groups excluding carboxylic acids is 1. The zero-order chi connectivity index (χ0) is 16.6. The number of rotatable bonds is 6. The van der Waals surface area contributed by atoms with E-state index in [1.54, 1.807) is 24.3 Å². The van der Waals surface area contributed by atoms with Crippen molar-refractivity contribution in [1.29, 1.82) is 0 Å². The van der Waals surface area contributed by atoms with Crippen LogP contribution in [-0.4, -0.2) is 22.7 Å². The quantitative estimate of drug-likeness (QED) is 0.718. The third-order valence-corrected chi connectivity index (χ3v) is 4.86. The monoisotopic (exact) mass is 344 g/mol. The van der Waals surface area contributed by atoms with Gasteiger partial charge in [0.15, 0.2) is 11.3 Å². The van der Waals surface area contributed by atoms with Gasteiger partial charge in [-0.3, -0.25) is 4.79 Å². The molecule has 0 unspecified atom stereocenters. The minimum atomic E-state index is -1.43. The summed E-state index contributed by atoms with van der Waals surface area (Å²) in [4.78, 5) is 12.3. The predicted octanol–water partition coefficient (Wildman–Crippen LogP) is 2.87. The van der Waals surface area contributed by atoms with E-state index in [0.717, 1.165) is 18.6 Å². The highest BCUT2D eigenvalue weighted by molar-refractivity contribution is 7.08. The van der Waals surface area contributed by atoms with Crippen LogP contribution >= 0.6 is 11.3 Å². The number of carbonyl (C=O) groups is 1. The van der Waals surface area contributed by atoms with E-state index in [-0.39, 0.29) is 18.1 Å². The molecule has 0 radical (unpaired) electrons. The Hall–Kier alpha value is -2.38. The molecule has 1 atom stereocenters. The van der Waals surface area contributed by atoms with Crippen molar-refractivity contribution in [3.8, 4) is 0 Å². The van der Waals surface area contributed by atoms with Crippen LogP contribution in [0.25, 0.3) is 0 Å². The second kappa shape index (κ2) is 5.92. The molecule has 7 heteroatoms. The first kappa shape index (κ1) is 15.2. The summed E-state index contributed by atoms with van der Waals surface area (Å²) in [5.41, 5.74) is -0.534. The van der Waals surface area contributed by atoms with Crippen molar-refractivity contribution in [3.63, 3.8) is 0 Å². The van der Waals surface area contributed by atoms with Gasteiger partial charge in [-0.15, -0.1) is 0 Å². The zero-order valence-corrected chi connectivity index (χ0v) is 13.6. The molecule has 0 bridgehead atoms. The molecule has 1 aliphatic rings. The Bertz CT molecular complexity index is 785. The highest BCUT2D eigenvalue weighted by Gasteiger charge is 2.36. The van der Waals surface area contributed by atoms with Crippen LogP contribution in [0.15, 0.2) is 50.2 Å². The molecular formula is C17H16N2O4S. The van der Waals surface area contributed by atoms with Gasteiger partial charge in [0.05, 0.1) is 12.8 Å². The van der Waals surface area contributed by atoms with Crippen molar-refractivity contribution in [2.24, 2.45) is 0 Å². The first-order chi connectivity index (χ1) is 11.7. The lowest BCUT2D eigenvalue weighted by Crippen LogP contribution is -2.41. The summed E-state index contributed by atoms with van der Waals surface area (Å²) in [7, 11) is 0. The summed E-state index contributed by atoms with van der Waals surface area (Å²) in [6.07, 6.45) is 3.65. The molecule has 3 aromatic rings. The second-order valence-electron chi connectivity index (χ2n) is 5.92. The van der Waals surface area contributed by atoms with Gasteiger partial charge < -0.3 is 19.4 Å². The Kier molecular flexibility index (Phi) is 3.74. The topological polar surface area (TPSA) is 88.5 Å². The lowest BCUT2D eigenvalue weighted by Gasteiger charge is -2.25.